The van der Waals surface area contributed by atoms with Crippen LogP contribution in [0.25, 0.3) is 0 Å². The second kappa shape index (κ2) is 8.48. The van der Waals surface area contributed by atoms with Crippen LogP contribution in [0.5, 0.6) is 5.75 Å². The van der Waals surface area contributed by atoms with Crippen LogP contribution in [0.1, 0.15) is 33.1 Å². The summed E-state index contributed by atoms with van der Waals surface area (Å²) in [6.07, 6.45) is 7.43. The number of pyridine rings is 1. The standard InChI is InChI=1S/C13H21BrN2O/c1-3-4-5-6-15-8-11(2)17-13-7-12(14)9-16-10-13/h7,9-11,15H,3-6,8H2,1-2H3. The number of nitrogens with zero attached hydrogens (tertiary/aromatic N) is 1. The van der Waals surface area contributed by atoms with Crippen molar-refractivity contribution in [1.29, 1.82) is 0 Å². The molecule has 96 valence electrons. The van der Waals surface area contributed by atoms with E-state index in [4.69, 9.17) is 4.74 Å². The molecule has 1 heterocycles. The van der Waals surface area contributed by atoms with Gasteiger partial charge in [0.15, 0.2) is 0 Å². The van der Waals surface area contributed by atoms with E-state index in [1.165, 1.54) is 19.3 Å². The van der Waals surface area contributed by atoms with Crippen LogP contribution in [0.15, 0.2) is 22.9 Å². The Kier molecular flexibility index (Phi) is 7.21. The van der Waals surface area contributed by atoms with E-state index in [2.05, 4.69) is 40.1 Å². The Balaban J connectivity index is 2.18. The highest BCUT2D eigenvalue weighted by atomic mass is 79.9. The van der Waals surface area contributed by atoms with E-state index in [1.807, 2.05) is 6.07 Å². The molecule has 1 aromatic rings. The first kappa shape index (κ1) is 14.5. The van der Waals surface area contributed by atoms with Crippen LogP contribution in [0, 0.1) is 0 Å². The average molecular weight is 301 g/mol. The molecule has 0 amide bonds. The van der Waals surface area contributed by atoms with Crippen LogP contribution in [0.2, 0.25) is 0 Å². The molecule has 0 spiro atoms. The van der Waals surface area contributed by atoms with E-state index in [0.717, 1.165) is 23.3 Å². The van der Waals surface area contributed by atoms with Crippen molar-refractivity contribution in [2.75, 3.05) is 13.1 Å². The average Bonchev–Trinajstić information content (AvgIpc) is 2.29. The predicted octanol–water partition coefficient (Wildman–Crippen LogP) is 3.39. The molecule has 4 heteroatoms. The molecule has 0 radical (unpaired) electrons. The largest absolute Gasteiger partial charge is 0.488 e. The minimum atomic E-state index is 0.160. The van der Waals surface area contributed by atoms with Gasteiger partial charge in [-0.15, -0.1) is 0 Å². The van der Waals surface area contributed by atoms with Crippen molar-refractivity contribution in [1.82, 2.24) is 10.3 Å². The van der Waals surface area contributed by atoms with E-state index in [-0.39, 0.29) is 6.10 Å². The van der Waals surface area contributed by atoms with E-state index in [9.17, 15) is 0 Å². The summed E-state index contributed by atoms with van der Waals surface area (Å²) in [6.45, 7) is 6.22. The molecule has 0 aliphatic carbocycles. The van der Waals surface area contributed by atoms with Crippen molar-refractivity contribution in [2.24, 2.45) is 0 Å². The van der Waals surface area contributed by atoms with Crippen LogP contribution in [-0.2, 0) is 0 Å². The van der Waals surface area contributed by atoms with Gasteiger partial charge in [-0.05, 0) is 41.9 Å². The van der Waals surface area contributed by atoms with Gasteiger partial charge in [0.25, 0.3) is 0 Å². The molecule has 0 saturated heterocycles. The molecule has 1 rings (SSSR count). The van der Waals surface area contributed by atoms with Crippen molar-refractivity contribution in [3.63, 3.8) is 0 Å². The fourth-order valence-electron chi connectivity index (χ4n) is 1.54. The molecule has 1 atom stereocenters. The highest BCUT2D eigenvalue weighted by Gasteiger charge is 2.03. The van der Waals surface area contributed by atoms with Crippen molar-refractivity contribution >= 4 is 15.9 Å². The Morgan fingerprint density at radius 2 is 2.24 bits per heavy atom. The van der Waals surface area contributed by atoms with Crippen LogP contribution in [-0.4, -0.2) is 24.2 Å². The molecular weight excluding hydrogens is 280 g/mol. The minimum Gasteiger partial charge on any atom is -0.488 e. The molecule has 0 aliphatic rings. The molecule has 1 N–H and O–H groups in total. The van der Waals surface area contributed by atoms with Gasteiger partial charge in [-0.1, -0.05) is 19.8 Å². The number of rotatable bonds is 8. The number of nitrogens with one attached hydrogen (secondary N) is 1. The first-order valence-electron chi connectivity index (χ1n) is 6.20. The lowest BCUT2D eigenvalue weighted by Gasteiger charge is -2.15. The Morgan fingerprint density at radius 1 is 1.41 bits per heavy atom. The molecular formula is C13H21BrN2O. The molecule has 1 aromatic heterocycles. The fourth-order valence-corrected chi connectivity index (χ4v) is 1.88. The van der Waals surface area contributed by atoms with E-state index < -0.39 is 0 Å². The monoisotopic (exact) mass is 300 g/mol. The summed E-state index contributed by atoms with van der Waals surface area (Å²) in [5, 5.41) is 3.40. The first-order valence-corrected chi connectivity index (χ1v) is 6.99. The number of hydrogen-bond donors (Lipinski definition) is 1. The summed E-state index contributed by atoms with van der Waals surface area (Å²) in [7, 11) is 0. The third-order valence-corrected chi connectivity index (χ3v) is 2.84. The molecule has 0 saturated carbocycles. The number of hydrogen-bond acceptors (Lipinski definition) is 3. The second-order valence-electron chi connectivity index (χ2n) is 4.18. The molecule has 0 aromatic carbocycles. The summed E-state index contributed by atoms with van der Waals surface area (Å²) in [5.74, 6) is 0.808. The minimum absolute atomic E-state index is 0.160. The van der Waals surface area contributed by atoms with Crippen molar-refractivity contribution < 1.29 is 4.74 Å². The number of halogens is 1. The van der Waals surface area contributed by atoms with Gasteiger partial charge < -0.3 is 10.1 Å². The van der Waals surface area contributed by atoms with Crippen LogP contribution in [0.4, 0.5) is 0 Å². The number of aromatic nitrogens is 1. The second-order valence-corrected chi connectivity index (χ2v) is 5.09. The normalized spacial score (nSPS) is 12.4. The maximum atomic E-state index is 5.75. The molecule has 3 nitrogen and oxygen atoms in total. The topological polar surface area (TPSA) is 34.1 Å². The summed E-state index contributed by atoms with van der Waals surface area (Å²) in [4.78, 5) is 4.07. The predicted molar refractivity (Wildman–Crippen MR) is 74.4 cm³/mol. The van der Waals surface area contributed by atoms with E-state index in [0.29, 0.717) is 0 Å². The Morgan fingerprint density at radius 3 is 2.94 bits per heavy atom. The third-order valence-electron chi connectivity index (χ3n) is 2.41. The SMILES string of the molecule is CCCCCNCC(C)Oc1cncc(Br)c1. The zero-order valence-electron chi connectivity index (χ0n) is 10.6. The summed E-state index contributed by atoms with van der Waals surface area (Å²) >= 11 is 3.38. The molecule has 0 fully saturated rings. The van der Waals surface area contributed by atoms with Gasteiger partial charge in [0.2, 0.25) is 0 Å². The highest BCUT2D eigenvalue weighted by Crippen LogP contribution is 2.16. The first-order chi connectivity index (χ1) is 8.22. The lowest BCUT2D eigenvalue weighted by Crippen LogP contribution is -2.29. The maximum Gasteiger partial charge on any atom is 0.139 e. The van der Waals surface area contributed by atoms with E-state index in [1.54, 1.807) is 12.4 Å². The van der Waals surface area contributed by atoms with Crippen LogP contribution >= 0.6 is 15.9 Å². The highest BCUT2D eigenvalue weighted by molar-refractivity contribution is 9.10. The van der Waals surface area contributed by atoms with Gasteiger partial charge >= 0.3 is 0 Å². The Hall–Kier alpha value is -0.610. The van der Waals surface area contributed by atoms with Crippen LogP contribution in [0.3, 0.4) is 0 Å². The number of ether oxygens (including phenoxy) is 1. The van der Waals surface area contributed by atoms with Gasteiger partial charge in [-0.2, -0.15) is 0 Å². The Bertz CT molecular complexity index is 320. The molecule has 0 bridgehead atoms. The van der Waals surface area contributed by atoms with Gasteiger partial charge in [-0.3, -0.25) is 4.98 Å². The Labute approximate surface area is 112 Å². The van der Waals surface area contributed by atoms with Gasteiger partial charge in [-0.25, -0.2) is 0 Å². The zero-order valence-corrected chi connectivity index (χ0v) is 12.2. The molecule has 0 aliphatic heterocycles. The molecule has 1 unspecified atom stereocenters. The van der Waals surface area contributed by atoms with Crippen LogP contribution < -0.4 is 10.1 Å². The summed E-state index contributed by atoms with van der Waals surface area (Å²) < 4.78 is 6.69. The van der Waals surface area contributed by atoms with E-state index >= 15 is 0 Å². The number of unbranched alkanes of at least 4 members (excludes halogenated alkanes) is 2. The van der Waals surface area contributed by atoms with Gasteiger partial charge in [0.05, 0.1) is 6.20 Å². The smallest absolute Gasteiger partial charge is 0.139 e. The van der Waals surface area contributed by atoms with Gasteiger partial charge in [0.1, 0.15) is 11.9 Å². The molecule has 17 heavy (non-hydrogen) atoms. The quantitative estimate of drug-likeness (QED) is 0.747. The maximum absolute atomic E-state index is 5.75. The van der Waals surface area contributed by atoms with Crippen molar-refractivity contribution in [3.05, 3.63) is 22.9 Å². The summed E-state index contributed by atoms with van der Waals surface area (Å²) in [5.41, 5.74) is 0. The van der Waals surface area contributed by atoms with Gasteiger partial charge in [0, 0.05) is 17.2 Å². The lowest BCUT2D eigenvalue weighted by molar-refractivity contribution is 0.216. The fraction of sp³-hybridized carbons (Fsp3) is 0.615. The zero-order chi connectivity index (χ0) is 12.5. The third kappa shape index (κ3) is 6.64. The van der Waals surface area contributed by atoms with Crippen molar-refractivity contribution in [3.8, 4) is 5.75 Å². The summed E-state index contributed by atoms with van der Waals surface area (Å²) in [6, 6.07) is 1.93. The lowest BCUT2D eigenvalue weighted by atomic mass is 10.2. The van der Waals surface area contributed by atoms with Crippen molar-refractivity contribution in [2.45, 2.75) is 39.2 Å².